The van der Waals surface area contributed by atoms with Crippen LogP contribution in [0.5, 0.6) is 0 Å². The zero-order valence-electron chi connectivity index (χ0n) is 13.6. The molecular weight excluding hydrogens is 377 g/mol. The Hall–Kier alpha value is -2.78. The van der Waals surface area contributed by atoms with E-state index in [1.54, 1.807) is 35.7 Å². The predicted molar refractivity (Wildman–Crippen MR) is 100 cm³/mol. The third kappa shape index (κ3) is 4.24. The second kappa shape index (κ2) is 7.22. The maximum atomic E-state index is 13.8. The third-order valence-electron chi connectivity index (χ3n) is 3.34. The highest BCUT2D eigenvalue weighted by Gasteiger charge is 2.16. The highest BCUT2D eigenvalue weighted by molar-refractivity contribution is 7.92. The van der Waals surface area contributed by atoms with Gasteiger partial charge in [0.1, 0.15) is 5.82 Å². The van der Waals surface area contributed by atoms with E-state index in [0.717, 1.165) is 17.6 Å². The lowest BCUT2D eigenvalue weighted by molar-refractivity contribution is 0.102. The molecule has 0 bridgehead atoms. The Labute approximate surface area is 153 Å². The molecule has 0 aliphatic heterocycles. The summed E-state index contributed by atoms with van der Waals surface area (Å²) in [7, 11) is -3.53. The molecule has 0 saturated heterocycles. The number of halogens is 1. The van der Waals surface area contributed by atoms with E-state index >= 15 is 0 Å². The molecule has 0 radical (unpaired) electrons. The first-order chi connectivity index (χ1) is 12.3. The zero-order chi connectivity index (χ0) is 18.7. The lowest BCUT2D eigenvalue weighted by Crippen LogP contribution is -2.17. The summed E-state index contributed by atoms with van der Waals surface area (Å²) < 4.78 is 39.0. The van der Waals surface area contributed by atoms with Crippen molar-refractivity contribution >= 4 is 38.1 Å². The number of rotatable bonds is 5. The minimum Gasteiger partial charge on any atom is -0.298 e. The van der Waals surface area contributed by atoms with Gasteiger partial charge in [-0.15, -0.1) is 11.3 Å². The second-order valence-corrected chi connectivity index (χ2v) is 8.00. The van der Waals surface area contributed by atoms with Crippen LogP contribution in [0.4, 0.5) is 15.2 Å². The molecule has 1 heterocycles. The fourth-order valence-electron chi connectivity index (χ4n) is 2.26. The average Bonchev–Trinajstić information content (AvgIpc) is 3.02. The van der Waals surface area contributed by atoms with Crippen molar-refractivity contribution in [2.24, 2.45) is 0 Å². The maximum Gasteiger partial charge on any atom is 0.259 e. The molecule has 9 heteroatoms. The van der Waals surface area contributed by atoms with E-state index in [-0.39, 0.29) is 16.4 Å². The number of hydrogen-bond donors (Lipinski definition) is 2. The standard InChI is InChI=1S/C17H14FN3O3S2/c1-26(23,24)21-14-9-5-3-7-12(14)16(22)20-17-19-15(10-25-17)11-6-2-4-8-13(11)18/h2-10,21H,1H3,(H,19,20,22). The minimum atomic E-state index is -3.53. The van der Waals surface area contributed by atoms with Gasteiger partial charge in [-0.1, -0.05) is 24.3 Å². The molecule has 1 amide bonds. The fraction of sp³-hybridized carbons (Fsp3) is 0.0588. The van der Waals surface area contributed by atoms with Crippen molar-refractivity contribution in [3.63, 3.8) is 0 Å². The molecule has 0 aliphatic rings. The number of nitrogens with one attached hydrogen (secondary N) is 2. The molecule has 0 saturated carbocycles. The summed E-state index contributed by atoms with van der Waals surface area (Å²) in [4.78, 5) is 16.7. The van der Waals surface area contributed by atoms with Crippen LogP contribution in [0.15, 0.2) is 53.9 Å². The molecular formula is C17H14FN3O3S2. The minimum absolute atomic E-state index is 0.153. The molecule has 3 rings (SSSR count). The first-order valence-corrected chi connectivity index (χ1v) is 10.2. The number of carbonyl (C=O) groups is 1. The topological polar surface area (TPSA) is 88.2 Å². The molecule has 0 spiro atoms. The predicted octanol–water partition coefficient (Wildman–Crippen LogP) is 3.57. The molecule has 0 unspecified atom stereocenters. The molecule has 26 heavy (non-hydrogen) atoms. The summed E-state index contributed by atoms with van der Waals surface area (Å²) in [6, 6.07) is 12.4. The summed E-state index contributed by atoms with van der Waals surface area (Å²) in [6.45, 7) is 0. The highest BCUT2D eigenvalue weighted by atomic mass is 32.2. The Balaban J connectivity index is 1.83. The second-order valence-electron chi connectivity index (χ2n) is 5.39. The summed E-state index contributed by atoms with van der Waals surface area (Å²) in [5.74, 6) is -0.926. The van der Waals surface area contributed by atoms with Crippen LogP contribution in [-0.2, 0) is 10.0 Å². The number of aromatic nitrogens is 1. The van der Waals surface area contributed by atoms with Crippen LogP contribution >= 0.6 is 11.3 Å². The molecule has 1 aromatic heterocycles. The van der Waals surface area contributed by atoms with Crippen LogP contribution < -0.4 is 10.0 Å². The normalized spacial score (nSPS) is 11.2. The van der Waals surface area contributed by atoms with E-state index in [1.807, 2.05) is 0 Å². The van der Waals surface area contributed by atoms with Gasteiger partial charge in [-0.2, -0.15) is 0 Å². The Morgan fingerprint density at radius 1 is 1.12 bits per heavy atom. The van der Waals surface area contributed by atoms with Crippen LogP contribution in [0.3, 0.4) is 0 Å². The number of thiazole rings is 1. The van der Waals surface area contributed by atoms with Crippen LogP contribution in [0.25, 0.3) is 11.3 Å². The van der Waals surface area contributed by atoms with E-state index in [9.17, 15) is 17.6 Å². The van der Waals surface area contributed by atoms with E-state index in [0.29, 0.717) is 11.3 Å². The third-order valence-corrected chi connectivity index (χ3v) is 4.69. The zero-order valence-corrected chi connectivity index (χ0v) is 15.2. The van der Waals surface area contributed by atoms with Crippen molar-refractivity contribution in [3.8, 4) is 11.3 Å². The molecule has 0 atom stereocenters. The molecule has 6 nitrogen and oxygen atoms in total. The first-order valence-electron chi connectivity index (χ1n) is 7.42. The number of para-hydroxylation sites is 1. The Morgan fingerprint density at radius 2 is 1.81 bits per heavy atom. The molecule has 2 aromatic carbocycles. The largest absolute Gasteiger partial charge is 0.298 e. The van der Waals surface area contributed by atoms with Crippen LogP contribution in [-0.4, -0.2) is 25.6 Å². The van der Waals surface area contributed by atoms with Crippen molar-refractivity contribution in [1.82, 2.24) is 4.98 Å². The number of anilines is 2. The van der Waals surface area contributed by atoms with Gasteiger partial charge < -0.3 is 0 Å². The van der Waals surface area contributed by atoms with Crippen LogP contribution in [0, 0.1) is 5.82 Å². The smallest absolute Gasteiger partial charge is 0.259 e. The van der Waals surface area contributed by atoms with E-state index in [2.05, 4.69) is 15.0 Å². The number of nitrogens with zero attached hydrogens (tertiary/aromatic N) is 1. The van der Waals surface area contributed by atoms with Crippen molar-refractivity contribution < 1.29 is 17.6 Å². The monoisotopic (exact) mass is 391 g/mol. The van der Waals surface area contributed by atoms with E-state index in [4.69, 9.17) is 0 Å². The quantitative estimate of drug-likeness (QED) is 0.696. The maximum absolute atomic E-state index is 13.8. The summed E-state index contributed by atoms with van der Waals surface area (Å²) in [5, 5.41) is 4.52. The Bertz CT molecular complexity index is 1060. The van der Waals surface area contributed by atoms with Crippen LogP contribution in [0.1, 0.15) is 10.4 Å². The van der Waals surface area contributed by atoms with Crippen molar-refractivity contribution in [1.29, 1.82) is 0 Å². The van der Waals surface area contributed by atoms with Crippen molar-refractivity contribution in [2.75, 3.05) is 16.3 Å². The Morgan fingerprint density at radius 3 is 2.54 bits per heavy atom. The SMILES string of the molecule is CS(=O)(=O)Nc1ccccc1C(=O)Nc1nc(-c2ccccc2F)cs1. The number of sulfonamides is 1. The number of amides is 1. The Kier molecular flexibility index (Phi) is 5.01. The van der Waals surface area contributed by atoms with Gasteiger partial charge in [0.05, 0.1) is 23.2 Å². The van der Waals surface area contributed by atoms with Gasteiger partial charge in [0.2, 0.25) is 10.0 Å². The molecule has 3 aromatic rings. The van der Waals surface area contributed by atoms with E-state index in [1.165, 1.54) is 18.2 Å². The van der Waals surface area contributed by atoms with Crippen molar-refractivity contribution in [2.45, 2.75) is 0 Å². The summed E-state index contributed by atoms with van der Waals surface area (Å²) >= 11 is 1.15. The number of carbonyl (C=O) groups excluding carboxylic acids is 1. The van der Waals surface area contributed by atoms with Gasteiger partial charge in [0.15, 0.2) is 5.13 Å². The molecule has 2 N–H and O–H groups in total. The van der Waals surface area contributed by atoms with Gasteiger partial charge in [0, 0.05) is 10.9 Å². The van der Waals surface area contributed by atoms with Gasteiger partial charge >= 0.3 is 0 Å². The van der Waals surface area contributed by atoms with E-state index < -0.39 is 21.7 Å². The summed E-state index contributed by atoms with van der Waals surface area (Å²) in [5.41, 5.74) is 1.06. The van der Waals surface area contributed by atoms with Gasteiger partial charge in [-0.05, 0) is 24.3 Å². The van der Waals surface area contributed by atoms with Crippen molar-refractivity contribution in [3.05, 3.63) is 65.3 Å². The van der Waals surface area contributed by atoms with Gasteiger partial charge in [0.25, 0.3) is 5.91 Å². The fourth-order valence-corrected chi connectivity index (χ4v) is 3.54. The number of hydrogen-bond acceptors (Lipinski definition) is 5. The average molecular weight is 391 g/mol. The van der Waals surface area contributed by atoms with Gasteiger partial charge in [-0.3, -0.25) is 14.8 Å². The first kappa shape index (κ1) is 18.0. The lowest BCUT2D eigenvalue weighted by atomic mass is 10.1. The van der Waals surface area contributed by atoms with Crippen LogP contribution in [0.2, 0.25) is 0 Å². The molecule has 0 fully saturated rings. The summed E-state index contributed by atoms with van der Waals surface area (Å²) in [6.07, 6.45) is 1.00. The van der Waals surface area contributed by atoms with Gasteiger partial charge in [-0.25, -0.2) is 17.8 Å². The molecule has 0 aliphatic carbocycles. The highest BCUT2D eigenvalue weighted by Crippen LogP contribution is 2.27. The number of benzene rings is 2. The lowest BCUT2D eigenvalue weighted by Gasteiger charge is -2.09. The molecule has 134 valence electrons.